The molecule has 1 aliphatic rings. The van der Waals surface area contributed by atoms with Gasteiger partial charge in [0.2, 0.25) is 0 Å². The minimum Gasteiger partial charge on any atom is -0.0891 e. The molecule has 1 rings (SSSR count). The molecule has 0 unspecified atom stereocenters. The number of hydrogen-bond acceptors (Lipinski definition) is 0. The molecule has 7 heavy (non-hydrogen) atoms. The molecular formula is C7H9. The van der Waals surface area contributed by atoms with Gasteiger partial charge in [0, 0.05) is 6.42 Å². The topological polar surface area (TPSA) is 0 Å². The average Bonchev–Trinajstić information content (AvgIpc) is 2.42. The predicted molar refractivity (Wildman–Crippen MR) is 29.1 cm³/mol. The van der Waals surface area contributed by atoms with E-state index in [1.54, 1.807) is 0 Å². The molecule has 0 atom stereocenters. The monoisotopic (exact) mass is 93.1 g/mol. The van der Waals surface area contributed by atoms with Crippen molar-refractivity contribution in [1.29, 1.82) is 0 Å². The Labute approximate surface area is 44.9 Å². The summed E-state index contributed by atoms with van der Waals surface area (Å²) >= 11 is 0. The standard InChI is InChI=1S/C7H9/c1-2-3-4-7-5-6-7/h7H,3-6H2. The van der Waals surface area contributed by atoms with Crippen molar-refractivity contribution in [3.05, 3.63) is 6.42 Å². The largest absolute Gasteiger partial charge is 0.0891 e. The van der Waals surface area contributed by atoms with Crippen molar-refractivity contribution >= 4 is 0 Å². The molecule has 0 amide bonds. The van der Waals surface area contributed by atoms with E-state index in [-0.39, 0.29) is 0 Å². The van der Waals surface area contributed by atoms with Gasteiger partial charge in [-0.15, -0.1) is 0 Å². The highest BCUT2D eigenvalue weighted by molar-refractivity contribution is 4.81. The lowest BCUT2D eigenvalue weighted by atomic mass is 10.2. The molecule has 0 heteroatoms. The summed E-state index contributed by atoms with van der Waals surface area (Å²) in [6.45, 7) is 0. The SMILES string of the molecule is [C]#CCCC1CC1. The van der Waals surface area contributed by atoms with Crippen LogP contribution in [0.2, 0.25) is 0 Å². The lowest BCUT2D eigenvalue weighted by Crippen LogP contribution is -1.70. The van der Waals surface area contributed by atoms with Gasteiger partial charge in [-0.05, 0) is 18.8 Å². The van der Waals surface area contributed by atoms with Crippen LogP contribution in [0, 0.1) is 18.3 Å². The zero-order valence-electron chi connectivity index (χ0n) is 4.41. The van der Waals surface area contributed by atoms with Gasteiger partial charge in [0.05, 0.1) is 0 Å². The first-order chi connectivity index (χ1) is 3.43. The molecule has 0 aliphatic heterocycles. The van der Waals surface area contributed by atoms with Gasteiger partial charge >= 0.3 is 0 Å². The van der Waals surface area contributed by atoms with Gasteiger partial charge in [-0.25, -0.2) is 0 Å². The van der Waals surface area contributed by atoms with Crippen molar-refractivity contribution in [1.82, 2.24) is 0 Å². The van der Waals surface area contributed by atoms with E-state index in [1.165, 1.54) is 19.3 Å². The lowest BCUT2D eigenvalue weighted by molar-refractivity contribution is 0.752. The highest BCUT2D eigenvalue weighted by atomic mass is 14.2. The van der Waals surface area contributed by atoms with Gasteiger partial charge in [-0.2, -0.15) is 0 Å². The Hall–Kier alpha value is -0.440. The van der Waals surface area contributed by atoms with E-state index in [9.17, 15) is 0 Å². The Bertz CT molecular complexity index is 82.7. The number of rotatable bonds is 2. The average molecular weight is 93.1 g/mol. The minimum absolute atomic E-state index is 0.880. The normalized spacial score (nSPS) is 18.7. The van der Waals surface area contributed by atoms with Gasteiger partial charge in [-0.3, -0.25) is 0 Å². The minimum atomic E-state index is 0.880. The van der Waals surface area contributed by atoms with Crippen molar-refractivity contribution in [2.45, 2.75) is 25.7 Å². The molecule has 0 aromatic heterocycles. The van der Waals surface area contributed by atoms with Crippen LogP contribution in [0.15, 0.2) is 0 Å². The molecule has 37 valence electrons. The fourth-order valence-electron chi connectivity index (χ4n) is 0.683. The van der Waals surface area contributed by atoms with Crippen LogP contribution < -0.4 is 0 Å². The van der Waals surface area contributed by atoms with Crippen LogP contribution in [-0.4, -0.2) is 0 Å². The third-order valence-corrected chi connectivity index (χ3v) is 1.37. The molecule has 0 heterocycles. The van der Waals surface area contributed by atoms with E-state index < -0.39 is 0 Å². The summed E-state index contributed by atoms with van der Waals surface area (Å²) in [5, 5.41) is 0. The molecule has 1 aliphatic carbocycles. The summed E-state index contributed by atoms with van der Waals surface area (Å²) in [5.74, 6) is 3.36. The van der Waals surface area contributed by atoms with E-state index >= 15 is 0 Å². The maximum Gasteiger partial charge on any atom is 0.0102 e. The molecule has 0 nitrogen and oxygen atoms in total. The first-order valence-corrected chi connectivity index (χ1v) is 2.83. The third-order valence-electron chi connectivity index (χ3n) is 1.37. The second-order valence-corrected chi connectivity index (χ2v) is 2.16. The second kappa shape index (κ2) is 2.02. The van der Waals surface area contributed by atoms with Crippen LogP contribution >= 0.6 is 0 Å². The molecule has 0 aromatic carbocycles. The highest BCUT2D eigenvalue weighted by Crippen LogP contribution is 2.32. The zero-order valence-corrected chi connectivity index (χ0v) is 4.41. The zero-order chi connectivity index (χ0) is 5.11. The van der Waals surface area contributed by atoms with Crippen LogP contribution in [0.4, 0.5) is 0 Å². The maximum absolute atomic E-state index is 6.57. The van der Waals surface area contributed by atoms with E-state index in [1.807, 2.05) is 0 Å². The molecule has 1 radical (unpaired) electrons. The first kappa shape index (κ1) is 4.71. The van der Waals surface area contributed by atoms with Crippen molar-refractivity contribution in [3.8, 4) is 5.92 Å². The maximum atomic E-state index is 6.57. The van der Waals surface area contributed by atoms with Crippen molar-refractivity contribution in [3.63, 3.8) is 0 Å². The Morgan fingerprint density at radius 1 is 1.57 bits per heavy atom. The fourth-order valence-corrected chi connectivity index (χ4v) is 0.683. The van der Waals surface area contributed by atoms with E-state index in [4.69, 9.17) is 6.42 Å². The quantitative estimate of drug-likeness (QED) is 0.456. The molecule has 1 fully saturated rings. The van der Waals surface area contributed by atoms with Crippen molar-refractivity contribution in [2.24, 2.45) is 5.92 Å². The highest BCUT2D eigenvalue weighted by Gasteiger charge is 2.19. The smallest absolute Gasteiger partial charge is 0.0102 e. The summed E-state index contributed by atoms with van der Waals surface area (Å²) < 4.78 is 0. The van der Waals surface area contributed by atoms with Gasteiger partial charge < -0.3 is 0 Å². The first-order valence-electron chi connectivity index (χ1n) is 2.83. The van der Waals surface area contributed by atoms with E-state index in [0.29, 0.717) is 0 Å². The van der Waals surface area contributed by atoms with E-state index in [0.717, 1.165) is 12.3 Å². The molecule has 0 spiro atoms. The van der Waals surface area contributed by atoms with Crippen molar-refractivity contribution in [2.75, 3.05) is 0 Å². The van der Waals surface area contributed by atoms with Gasteiger partial charge in [0.15, 0.2) is 0 Å². The van der Waals surface area contributed by atoms with Gasteiger partial charge in [0.25, 0.3) is 0 Å². The van der Waals surface area contributed by atoms with Crippen LogP contribution in [0.3, 0.4) is 0 Å². The molecular weight excluding hydrogens is 84.1 g/mol. The summed E-state index contributed by atoms with van der Waals surface area (Å²) in [4.78, 5) is 0. The Balaban J connectivity index is 1.91. The number of hydrogen-bond donors (Lipinski definition) is 0. The summed E-state index contributed by atoms with van der Waals surface area (Å²) in [5.41, 5.74) is 0. The van der Waals surface area contributed by atoms with Crippen LogP contribution in [0.25, 0.3) is 0 Å². The molecule has 0 N–H and O–H groups in total. The van der Waals surface area contributed by atoms with Crippen LogP contribution in [-0.2, 0) is 0 Å². The Kier molecular flexibility index (Phi) is 1.36. The fraction of sp³-hybridized carbons (Fsp3) is 0.714. The molecule has 0 saturated heterocycles. The summed E-state index contributed by atoms with van der Waals surface area (Å²) in [6.07, 6.45) is 11.5. The van der Waals surface area contributed by atoms with Gasteiger partial charge in [0.1, 0.15) is 0 Å². The third kappa shape index (κ3) is 1.64. The Morgan fingerprint density at radius 3 is 2.71 bits per heavy atom. The lowest BCUT2D eigenvalue weighted by Gasteiger charge is -1.82. The predicted octanol–water partition coefficient (Wildman–Crippen LogP) is 1.77. The molecule has 0 aromatic rings. The van der Waals surface area contributed by atoms with Crippen molar-refractivity contribution < 1.29 is 0 Å². The van der Waals surface area contributed by atoms with E-state index in [2.05, 4.69) is 5.92 Å². The summed E-state index contributed by atoms with van der Waals surface area (Å²) in [6, 6.07) is 0. The molecule has 0 bridgehead atoms. The molecule has 1 saturated carbocycles. The Morgan fingerprint density at radius 2 is 2.29 bits per heavy atom. The van der Waals surface area contributed by atoms with Crippen LogP contribution in [0.1, 0.15) is 25.7 Å². The summed E-state index contributed by atoms with van der Waals surface area (Å²) in [7, 11) is 0. The van der Waals surface area contributed by atoms with Crippen LogP contribution in [0.5, 0.6) is 0 Å². The second-order valence-electron chi connectivity index (χ2n) is 2.16. The van der Waals surface area contributed by atoms with Gasteiger partial charge in [-0.1, -0.05) is 18.8 Å².